The fraction of sp³-hybridized carbons (Fsp3) is 0.562. The van der Waals surface area contributed by atoms with Crippen LogP contribution >= 0.6 is 11.6 Å². The zero-order valence-electron chi connectivity index (χ0n) is 12.3. The number of hydrogen-bond acceptors (Lipinski definition) is 2. The van der Waals surface area contributed by atoms with E-state index in [2.05, 4.69) is 31.0 Å². The number of nitriles is 1. The molecule has 0 N–H and O–H groups in total. The van der Waals surface area contributed by atoms with E-state index in [0.717, 1.165) is 24.4 Å². The molecule has 0 aliphatic rings. The molecule has 0 spiro atoms. The SMILES string of the molecule is CC(c1cccc(Cl)c1)N(C)CCCC(C)(C)C#N. The summed E-state index contributed by atoms with van der Waals surface area (Å²) in [5.41, 5.74) is 1.01. The van der Waals surface area contributed by atoms with Crippen LogP contribution in [0.4, 0.5) is 0 Å². The second kappa shape index (κ2) is 6.93. The fourth-order valence-corrected chi connectivity index (χ4v) is 2.24. The molecule has 0 amide bonds. The molecule has 104 valence electrons. The van der Waals surface area contributed by atoms with Gasteiger partial charge in [0.25, 0.3) is 0 Å². The molecule has 0 aromatic heterocycles. The molecule has 0 saturated heterocycles. The Bertz CT molecular complexity index is 448. The van der Waals surface area contributed by atoms with E-state index in [1.54, 1.807) is 0 Å². The van der Waals surface area contributed by atoms with Gasteiger partial charge in [-0.3, -0.25) is 4.90 Å². The highest BCUT2D eigenvalue weighted by Gasteiger charge is 2.17. The maximum atomic E-state index is 9.00. The topological polar surface area (TPSA) is 27.0 Å². The predicted molar refractivity (Wildman–Crippen MR) is 81.1 cm³/mol. The molecule has 1 rings (SSSR count). The Morgan fingerprint density at radius 1 is 1.42 bits per heavy atom. The van der Waals surface area contributed by atoms with Gasteiger partial charge in [-0.05, 0) is 64.9 Å². The molecule has 0 fully saturated rings. The van der Waals surface area contributed by atoms with Gasteiger partial charge < -0.3 is 0 Å². The molecule has 0 bridgehead atoms. The lowest BCUT2D eigenvalue weighted by atomic mass is 9.89. The van der Waals surface area contributed by atoms with E-state index < -0.39 is 0 Å². The first kappa shape index (κ1) is 16.0. The van der Waals surface area contributed by atoms with Gasteiger partial charge >= 0.3 is 0 Å². The van der Waals surface area contributed by atoms with Gasteiger partial charge in [-0.2, -0.15) is 5.26 Å². The van der Waals surface area contributed by atoms with Crippen molar-refractivity contribution in [3.63, 3.8) is 0 Å². The van der Waals surface area contributed by atoms with Crippen molar-refractivity contribution in [1.29, 1.82) is 5.26 Å². The molecule has 0 heterocycles. The van der Waals surface area contributed by atoms with Gasteiger partial charge in [0.2, 0.25) is 0 Å². The molecule has 0 saturated carbocycles. The first-order valence-electron chi connectivity index (χ1n) is 6.73. The zero-order valence-corrected chi connectivity index (χ0v) is 13.0. The average molecular weight is 279 g/mol. The molecule has 2 nitrogen and oxygen atoms in total. The molecule has 1 aromatic rings. The van der Waals surface area contributed by atoms with Crippen molar-refractivity contribution in [2.45, 2.75) is 39.7 Å². The molecule has 0 radical (unpaired) electrons. The van der Waals surface area contributed by atoms with E-state index in [0.29, 0.717) is 6.04 Å². The lowest BCUT2D eigenvalue weighted by Crippen LogP contribution is -2.24. The van der Waals surface area contributed by atoms with Crippen LogP contribution < -0.4 is 0 Å². The van der Waals surface area contributed by atoms with Crippen LogP contribution in [0.2, 0.25) is 5.02 Å². The van der Waals surface area contributed by atoms with E-state index in [-0.39, 0.29) is 5.41 Å². The Labute approximate surface area is 122 Å². The van der Waals surface area contributed by atoms with Gasteiger partial charge in [0, 0.05) is 11.1 Å². The lowest BCUT2D eigenvalue weighted by Gasteiger charge is -2.26. The number of benzene rings is 1. The molecule has 1 unspecified atom stereocenters. The summed E-state index contributed by atoms with van der Waals surface area (Å²) in [6.07, 6.45) is 1.96. The summed E-state index contributed by atoms with van der Waals surface area (Å²) in [6.45, 7) is 7.15. The van der Waals surface area contributed by atoms with E-state index >= 15 is 0 Å². The quantitative estimate of drug-likeness (QED) is 0.756. The van der Waals surface area contributed by atoms with E-state index in [1.807, 2.05) is 32.0 Å². The Hall–Kier alpha value is -1.04. The van der Waals surface area contributed by atoms with E-state index in [4.69, 9.17) is 16.9 Å². The van der Waals surface area contributed by atoms with Gasteiger partial charge in [-0.25, -0.2) is 0 Å². The second-order valence-electron chi connectivity index (χ2n) is 5.81. The van der Waals surface area contributed by atoms with Gasteiger partial charge in [-0.1, -0.05) is 23.7 Å². The zero-order chi connectivity index (χ0) is 14.5. The fourth-order valence-electron chi connectivity index (χ4n) is 2.04. The van der Waals surface area contributed by atoms with Gasteiger partial charge in [-0.15, -0.1) is 0 Å². The third kappa shape index (κ3) is 5.22. The number of rotatable bonds is 6. The summed E-state index contributed by atoms with van der Waals surface area (Å²) >= 11 is 6.02. The standard InChI is InChI=1S/C16H23ClN2/c1-13(14-7-5-8-15(17)11-14)19(4)10-6-9-16(2,3)12-18/h5,7-8,11,13H,6,9-10H2,1-4H3. The molecule has 0 aliphatic heterocycles. The Morgan fingerprint density at radius 2 is 2.11 bits per heavy atom. The number of nitrogens with zero attached hydrogens (tertiary/aromatic N) is 2. The lowest BCUT2D eigenvalue weighted by molar-refractivity contribution is 0.245. The number of halogens is 1. The molecule has 3 heteroatoms. The normalized spacial score (nSPS) is 13.3. The van der Waals surface area contributed by atoms with Crippen LogP contribution in [0.5, 0.6) is 0 Å². The van der Waals surface area contributed by atoms with Crippen LogP contribution in [-0.4, -0.2) is 18.5 Å². The molecular formula is C16H23ClN2. The Morgan fingerprint density at radius 3 is 2.68 bits per heavy atom. The highest BCUT2D eigenvalue weighted by molar-refractivity contribution is 6.30. The van der Waals surface area contributed by atoms with Crippen molar-refractivity contribution in [3.8, 4) is 6.07 Å². The largest absolute Gasteiger partial charge is 0.300 e. The average Bonchev–Trinajstić information content (AvgIpc) is 2.37. The molecular weight excluding hydrogens is 256 g/mol. The summed E-state index contributed by atoms with van der Waals surface area (Å²) in [7, 11) is 2.12. The minimum atomic E-state index is -0.222. The first-order chi connectivity index (χ1) is 8.85. The summed E-state index contributed by atoms with van der Waals surface area (Å²) in [5, 5.41) is 9.78. The smallest absolute Gasteiger partial charge is 0.0683 e. The monoisotopic (exact) mass is 278 g/mol. The predicted octanol–water partition coefficient (Wildman–Crippen LogP) is 4.66. The molecule has 0 aliphatic carbocycles. The summed E-state index contributed by atoms with van der Waals surface area (Å²) < 4.78 is 0. The van der Waals surface area contributed by atoms with Gasteiger partial charge in [0.1, 0.15) is 0 Å². The molecule has 1 aromatic carbocycles. The first-order valence-corrected chi connectivity index (χ1v) is 7.10. The van der Waals surface area contributed by atoms with E-state index in [9.17, 15) is 0 Å². The third-order valence-electron chi connectivity index (χ3n) is 3.61. The highest BCUT2D eigenvalue weighted by Crippen LogP contribution is 2.24. The van der Waals surface area contributed by atoms with Crippen molar-refractivity contribution in [1.82, 2.24) is 4.90 Å². The van der Waals surface area contributed by atoms with Crippen LogP contribution in [0.3, 0.4) is 0 Å². The third-order valence-corrected chi connectivity index (χ3v) is 3.84. The van der Waals surface area contributed by atoms with Crippen LogP contribution in [0, 0.1) is 16.7 Å². The van der Waals surface area contributed by atoms with Crippen molar-refractivity contribution in [2.24, 2.45) is 5.41 Å². The maximum absolute atomic E-state index is 9.00. The Balaban J connectivity index is 2.50. The van der Waals surface area contributed by atoms with Crippen LogP contribution in [0.1, 0.15) is 45.2 Å². The Kier molecular flexibility index (Phi) is 5.85. The van der Waals surface area contributed by atoms with Crippen LogP contribution in [0.15, 0.2) is 24.3 Å². The van der Waals surface area contributed by atoms with Crippen molar-refractivity contribution in [3.05, 3.63) is 34.9 Å². The van der Waals surface area contributed by atoms with Crippen molar-refractivity contribution >= 4 is 11.6 Å². The van der Waals surface area contributed by atoms with Crippen molar-refractivity contribution < 1.29 is 0 Å². The van der Waals surface area contributed by atoms with Gasteiger partial charge in [0.05, 0.1) is 11.5 Å². The minimum absolute atomic E-state index is 0.222. The minimum Gasteiger partial charge on any atom is -0.300 e. The summed E-state index contributed by atoms with van der Waals surface area (Å²) in [6, 6.07) is 10.7. The van der Waals surface area contributed by atoms with Crippen molar-refractivity contribution in [2.75, 3.05) is 13.6 Å². The summed E-state index contributed by atoms with van der Waals surface area (Å²) in [5.74, 6) is 0. The number of hydrogen-bond donors (Lipinski definition) is 0. The summed E-state index contributed by atoms with van der Waals surface area (Å²) in [4.78, 5) is 2.30. The van der Waals surface area contributed by atoms with Crippen LogP contribution in [-0.2, 0) is 0 Å². The molecule has 19 heavy (non-hydrogen) atoms. The maximum Gasteiger partial charge on any atom is 0.0683 e. The van der Waals surface area contributed by atoms with Gasteiger partial charge in [0.15, 0.2) is 0 Å². The second-order valence-corrected chi connectivity index (χ2v) is 6.25. The van der Waals surface area contributed by atoms with Crippen LogP contribution in [0.25, 0.3) is 0 Å². The molecule has 1 atom stereocenters. The van der Waals surface area contributed by atoms with E-state index in [1.165, 1.54) is 5.56 Å². The highest BCUT2D eigenvalue weighted by atomic mass is 35.5.